The fourth-order valence-corrected chi connectivity index (χ4v) is 0.669. The van der Waals surface area contributed by atoms with Crippen LogP contribution in [-0.4, -0.2) is 23.1 Å². The predicted octanol–water partition coefficient (Wildman–Crippen LogP) is 1.43. The van der Waals surface area contributed by atoms with E-state index in [1.807, 2.05) is 0 Å². The number of halogens is 3. The topological polar surface area (TPSA) is 32.6 Å². The molecule has 1 N–H and O–H groups in total. The minimum absolute atomic E-state index is 0.451. The van der Waals surface area contributed by atoms with Gasteiger partial charge in [0.2, 0.25) is 5.60 Å². The van der Waals surface area contributed by atoms with E-state index in [4.69, 9.17) is 5.11 Å². The summed E-state index contributed by atoms with van der Waals surface area (Å²) in [7, 11) is 0. The van der Waals surface area contributed by atoms with E-state index >= 15 is 0 Å². The van der Waals surface area contributed by atoms with Crippen molar-refractivity contribution in [2.24, 2.45) is 4.99 Å². The zero-order valence-corrected chi connectivity index (χ0v) is 5.92. The molecule has 0 amide bonds. The first kappa shape index (κ1) is 8.99. The third kappa shape index (κ3) is 1.55. The van der Waals surface area contributed by atoms with E-state index in [2.05, 4.69) is 4.99 Å². The standard InChI is InChI=1S/C7H6F3NO/c8-7(9,10)6(12)3-1-2-4-11-5-6/h1-5,12H. The number of nitrogens with zero attached hydrogens (tertiary/aromatic N) is 1. The van der Waals surface area contributed by atoms with E-state index in [1.165, 1.54) is 12.3 Å². The normalized spacial score (nSPS) is 29.0. The molecular weight excluding hydrogens is 171 g/mol. The predicted molar refractivity (Wildman–Crippen MR) is 37.8 cm³/mol. The van der Waals surface area contributed by atoms with Gasteiger partial charge in [-0.05, 0) is 12.2 Å². The van der Waals surface area contributed by atoms with Crippen LogP contribution in [0.15, 0.2) is 29.4 Å². The van der Waals surface area contributed by atoms with E-state index in [1.54, 1.807) is 0 Å². The second-order valence-electron chi connectivity index (χ2n) is 2.30. The number of alkyl halides is 3. The van der Waals surface area contributed by atoms with E-state index in [0.29, 0.717) is 12.3 Å². The van der Waals surface area contributed by atoms with Crippen molar-refractivity contribution in [3.63, 3.8) is 0 Å². The summed E-state index contributed by atoms with van der Waals surface area (Å²) in [6.07, 6.45) is -0.0626. The Morgan fingerprint density at radius 2 is 1.92 bits per heavy atom. The Hall–Kier alpha value is -1.10. The molecule has 1 atom stereocenters. The monoisotopic (exact) mass is 177 g/mol. The van der Waals surface area contributed by atoms with Crippen LogP contribution < -0.4 is 0 Å². The quantitative estimate of drug-likeness (QED) is 0.596. The van der Waals surface area contributed by atoms with E-state index in [0.717, 1.165) is 6.08 Å². The molecule has 5 heteroatoms. The minimum atomic E-state index is -4.72. The maximum absolute atomic E-state index is 12.1. The van der Waals surface area contributed by atoms with Crippen LogP contribution in [0.3, 0.4) is 0 Å². The first-order valence-electron chi connectivity index (χ1n) is 3.13. The van der Waals surface area contributed by atoms with Crippen molar-refractivity contribution in [1.82, 2.24) is 0 Å². The van der Waals surface area contributed by atoms with Gasteiger partial charge in [0.25, 0.3) is 0 Å². The van der Waals surface area contributed by atoms with Gasteiger partial charge in [-0.2, -0.15) is 13.2 Å². The summed E-state index contributed by atoms with van der Waals surface area (Å²) in [5.41, 5.74) is -2.93. The second-order valence-corrected chi connectivity index (χ2v) is 2.30. The van der Waals surface area contributed by atoms with Crippen molar-refractivity contribution in [2.45, 2.75) is 11.8 Å². The molecule has 0 spiro atoms. The molecule has 1 heterocycles. The summed E-state index contributed by atoms with van der Waals surface area (Å²) in [5, 5.41) is 8.99. The smallest absolute Gasteiger partial charge is 0.372 e. The van der Waals surface area contributed by atoms with Gasteiger partial charge in [0, 0.05) is 12.4 Å². The first-order chi connectivity index (χ1) is 5.46. The molecule has 0 aromatic rings. The van der Waals surface area contributed by atoms with Crippen LogP contribution in [-0.2, 0) is 0 Å². The SMILES string of the molecule is OC1(C(F)(F)F)C=CC=CN=C1. The summed E-state index contributed by atoms with van der Waals surface area (Å²) in [6.45, 7) is 0. The van der Waals surface area contributed by atoms with Gasteiger partial charge in [0.15, 0.2) is 0 Å². The fourth-order valence-electron chi connectivity index (χ4n) is 0.669. The van der Waals surface area contributed by atoms with Gasteiger partial charge in [0.1, 0.15) is 0 Å². The lowest BCUT2D eigenvalue weighted by atomic mass is 10.1. The van der Waals surface area contributed by atoms with Crippen LogP contribution in [0, 0.1) is 0 Å². The largest absolute Gasteiger partial charge is 0.426 e. The molecule has 66 valence electrons. The number of hydrogen-bond acceptors (Lipinski definition) is 2. The van der Waals surface area contributed by atoms with Crippen molar-refractivity contribution >= 4 is 6.21 Å². The molecule has 0 saturated heterocycles. The summed E-state index contributed by atoms with van der Waals surface area (Å²) in [6, 6.07) is 0. The lowest BCUT2D eigenvalue weighted by Crippen LogP contribution is -2.44. The van der Waals surface area contributed by atoms with Crippen molar-refractivity contribution in [3.05, 3.63) is 24.4 Å². The van der Waals surface area contributed by atoms with Gasteiger partial charge in [-0.3, -0.25) is 4.99 Å². The van der Waals surface area contributed by atoms with E-state index in [9.17, 15) is 13.2 Å². The van der Waals surface area contributed by atoms with E-state index < -0.39 is 11.8 Å². The van der Waals surface area contributed by atoms with Crippen molar-refractivity contribution in [3.8, 4) is 0 Å². The minimum Gasteiger partial charge on any atom is -0.372 e. The maximum Gasteiger partial charge on any atom is 0.426 e. The second kappa shape index (κ2) is 2.75. The molecular formula is C7H6F3NO. The lowest BCUT2D eigenvalue weighted by molar-refractivity contribution is -0.210. The van der Waals surface area contributed by atoms with Crippen molar-refractivity contribution in [2.75, 3.05) is 0 Å². The highest BCUT2D eigenvalue weighted by atomic mass is 19.4. The third-order valence-electron chi connectivity index (χ3n) is 1.36. The molecule has 0 fully saturated rings. The Morgan fingerprint density at radius 1 is 1.25 bits per heavy atom. The van der Waals surface area contributed by atoms with Crippen LogP contribution in [0.25, 0.3) is 0 Å². The zero-order valence-electron chi connectivity index (χ0n) is 5.92. The molecule has 0 aromatic heterocycles. The Kier molecular flexibility index (Phi) is 2.06. The van der Waals surface area contributed by atoms with Crippen LogP contribution >= 0.6 is 0 Å². The first-order valence-corrected chi connectivity index (χ1v) is 3.13. The number of aliphatic hydroxyl groups is 1. The van der Waals surface area contributed by atoms with Crippen LogP contribution in [0.2, 0.25) is 0 Å². The van der Waals surface area contributed by atoms with Crippen molar-refractivity contribution in [1.29, 1.82) is 0 Å². The average molecular weight is 177 g/mol. The molecule has 0 bridgehead atoms. The summed E-state index contributed by atoms with van der Waals surface area (Å²) < 4.78 is 36.3. The Balaban J connectivity index is 2.99. The van der Waals surface area contributed by atoms with Gasteiger partial charge in [-0.1, -0.05) is 6.08 Å². The molecule has 2 nitrogen and oxygen atoms in total. The fraction of sp³-hybridized carbons (Fsp3) is 0.286. The number of allylic oxidation sites excluding steroid dienone is 2. The van der Waals surface area contributed by atoms with Gasteiger partial charge >= 0.3 is 6.18 Å². The Labute approximate surface area is 66.7 Å². The molecule has 0 aromatic carbocycles. The molecule has 12 heavy (non-hydrogen) atoms. The molecule has 1 rings (SSSR count). The lowest BCUT2D eigenvalue weighted by Gasteiger charge is -2.21. The Bertz CT molecular complexity index is 236. The molecule has 0 saturated carbocycles. The van der Waals surface area contributed by atoms with Crippen molar-refractivity contribution < 1.29 is 18.3 Å². The highest BCUT2D eigenvalue weighted by molar-refractivity contribution is 5.74. The highest BCUT2D eigenvalue weighted by Gasteiger charge is 2.51. The third-order valence-corrected chi connectivity index (χ3v) is 1.36. The molecule has 0 radical (unpaired) electrons. The summed E-state index contributed by atoms with van der Waals surface area (Å²) >= 11 is 0. The van der Waals surface area contributed by atoms with E-state index in [-0.39, 0.29) is 0 Å². The van der Waals surface area contributed by atoms with Gasteiger partial charge in [-0.25, -0.2) is 0 Å². The average Bonchev–Trinajstić information content (AvgIpc) is 2.12. The molecule has 0 aliphatic carbocycles. The van der Waals surface area contributed by atoms with Gasteiger partial charge in [-0.15, -0.1) is 0 Å². The number of hydrogen-bond donors (Lipinski definition) is 1. The Morgan fingerprint density at radius 3 is 2.50 bits per heavy atom. The summed E-state index contributed by atoms with van der Waals surface area (Å²) in [5.74, 6) is 0. The molecule has 1 aliphatic heterocycles. The summed E-state index contributed by atoms with van der Waals surface area (Å²) in [4.78, 5) is 3.25. The highest BCUT2D eigenvalue weighted by Crippen LogP contribution is 2.30. The zero-order chi connectivity index (χ0) is 9.24. The number of rotatable bonds is 0. The number of aliphatic imine (C=N–C) groups is 1. The van der Waals surface area contributed by atoms with Gasteiger partial charge in [0.05, 0.1) is 0 Å². The van der Waals surface area contributed by atoms with Crippen LogP contribution in [0.1, 0.15) is 0 Å². The maximum atomic E-state index is 12.1. The van der Waals surface area contributed by atoms with Crippen LogP contribution in [0.4, 0.5) is 13.2 Å². The molecule has 1 aliphatic rings. The molecule has 1 unspecified atom stereocenters. The van der Waals surface area contributed by atoms with Gasteiger partial charge < -0.3 is 5.11 Å². The van der Waals surface area contributed by atoms with Crippen LogP contribution in [0.5, 0.6) is 0 Å².